The molecule has 0 heterocycles. The highest BCUT2D eigenvalue weighted by molar-refractivity contribution is 5.93. The molecule has 1 aliphatic carbocycles. The maximum absolute atomic E-state index is 11.2. The quantitative estimate of drug-likeness (QED) is 0.770. The van der Waals surface area contributed by atoms with Crippen molar-refractivity contribution < 1.29 is 14.6 Å². The van der Waals surface area contributed by atoms with E-state index in [9.17, 15) is 4.79 Å². The van der Waals surface area contributed by atoms with E-state index in [1.807, 2.05) is 6.07 Å². The second kappa shape index (κ2) is 4.23. The standard InChI is InChI=1S/C12H11NO3/c13-7-16-10-6-5-8-3-1-2-4-9(8)11(10)12(14)15/h5-6H,1-4H2,(H,14,15). The third-order valence-electron chi connectivity index (χ3n) is 2.86. The maximum atomic E-state index is 11.2. The van der Waals surface area contributed by atoms with Crippen LogP contribution in [0.15, 0.2) is 12.1 Å². The molecule has 82 valence electrons. The number of carbonyl (C=O) groups is 1. The molecule has 0 aliphatic heterocycles. The number of hydrogen-bond donors (Lipinski definition) is 1. The molecule has 16 heavy (non-hydrogen) atoms. The number of nitrogens with zero attached hydrogens (tertiary/aromatic N) is 1. The number of carboxylic acid groups (broad SMARTS) is 1. The molecule has 0 fully saturated rings. The van der Waals surface area contributed by atoms with E-state index in [0.717, 1.165) is 36.8 Å². The average molecular weight is 217 g/mol. The predicted octanol–water partition coefficient (Wildman–Crippen LogP) is 2.12. The summed E-state index contributed by atoms with van der Waals surface area (Å²) in [5.74, 6) is -0.875. The SMILES string of the molecule is N#COc1ccc2c(c1C(=O)O)CCCC2. The van der Waals surface area contributed by atoms with Crippen molar-refractivity contribution in [1.82, 2.24) is 0 Å². The number of carboxylic acids is 1. The van der Waals surface area contributed by atoms with Gasteiger partial charge in [-0.2, -0.15) is 0 Å². The fourth-order valence-electron chi connectivity index (χ4n) is 2.18. The van der Waals surface area contributed by atoms with Crippen LogP contribution in [0.5, 0.6) is 5.75 Å². The van der Waals surface area contributed by atoms with Crippen LogP contribution in [0.4, 0.5) is 0 Å². The topological polar surface area (TPSA) is 70.3 Å². The molecular formula is C12H11NO3. The van der Waals surface area contributed by atoms with E-state index in [1.165, 1.54) is 6.26 Å². The minimum Gasteiger partial charge on any atom is -0.478 e. The van der Waals surface area contributed by atoms with Crippen LogP contribution in [0.3, 0.4) is 0 Å². The van der Waals surface area contributed by atoms with Gasteiger partial charge >= 0.3 is 5.97 Å². The number of nitriles is 1. The summed E-state index contributed by atoms with van der Waals surface area (Å²) in [6.45, 7) is 0. The van der Waals surface area contributed by atoms with Crippen LogP contribution in [0.25, 0.3) is 0 Å². The van der Waals surface area contributed by atoms with Crippen LogP contribution in [0.2, 0.25) is 0 Å². The average Bonchev–Trinajstić information content (AvgIpc) is 2.28. The van der Waals surface area contributed by atoms with Gasteiger partial charge in [0.05, 0.1) is 0 Å². The summed E-state index contributed by atoms with van der Waals surface area (Å²) in [5.41, 5.74) is 2.04. The van der Waals surface area contributed by atoms with Crippen molar-refractivity contribution in [3.05, 3.63) is 28.8 Å². The third kappa shape index (κ3) is 1.72. The molecule has 4 heteroatoms. The Morgan fingerprint density at radius 1 is 1.38 bits per heavy atom. The van der Waals surface area contributed by atoms with Gasteiger partial charge in [-0.25, -0.2) is 4.79 Å². The molecule has 2 rings (SSSR count). The molecule has 0 spiro atoms. The second-order valence-corrected chi connectivity index (χ2v) is 3.78. The number of fused-ring (bicyclic) bond motifs is 1. The maximum Gasteiger partial charge on any atom is 0.339 e. The van der Waals surface area contributed by atoms with Gasteiger partial charge in [-0.15, -0.1) is 5.26 Å². The molecule has 0 unspecified atom stereocenters. The summed E-state index contributed by atoms with van der Waals surface area (Å²) in [6, 6.07) is 3.42. The van der Waals surface area contributed by atoms with Gasteiger partial charge in [0.1, 0.15) is 5.56 Å². The first-order valence-corrected chi connectivity index (χ1v) is 5.18. The molecule has 1 aromatic carbocycles. The first kappa shape index (κ1) is 10.5. The van der Waals surface area contributed by atoms with Crippen LogP contribution in [-0.2, 0) is 12.8 Å². The summed E-state index contributed by atoms with van der Waals surface area (Å²) in [7, 11) is 0. The lowest BCUT2D eigenvalue weighted by Crippen LogP contribution is -2.11. The van der Waals surface area contributed by atoms with Crippen LogP contribution < -0.4 is 4.74 Å². The summed E-state index contributed by atoms with van der Waals surface area (Å²) in [5, 5.41) is 17.6. The molecule has 0 bridgehead atoms. The van der Waals surface area contributed by atoms with Gasteiger partial charge in [-0.05, 0) is 42.9 Å². The van der Waals surface area contributed by atoms with E-state index in [2.05, 4.69) is 4.74 Å². The third-order valence-corrected chi connectivity index (χ3v) is 2.86. The second-order valence-electron chi connectivity index (χ2n) is 3.78. The number of ether oxygens (including phenoxy) is 1. The van der Waals surface area contributed by atoms with Gasteiger partial charge in [0.25, 0.3) is 6.26 Å². The molecular weight excluding hydrogens is 206 g/mol. The van der Waals surface area contributed by atoms with E-state index >= 15 is 0 Å². The predicted molar refractivity (Wildman–Crippen MR) is 56.3 cm³/mol. The fraction of sp³-hybridized carbons (Fsp3) is 0.333. The van der Waals surface area contributed by atoms with Crippen molar-refractivity contribution in [3.8, 4) is 12.0 Å². The van der Waals surface area contributed by atoms with E-state index in [-0.39, 0.29) is 11.3 Å². The summed E-state index contributed by atoms with van der Waals surface area (Å²) < 4.78 is 4.69. The highest BCUT2D eigenvalue weighted by Gasteiger charge is 2.22. The minimum atomic E-state index is -1.02. The molecule has 1 aliphatic rings. The van der Waals surface area contributed by atoms with Crippen molar-refractivity contribution in [1.29, 1.82) is 5.26 Å². The first-order valence-electron chi connectivity index (χ1n) is 5.18. The molecule has 1 N–H and O–H groups in total. The van der Waals surface area contributed by atoms with E-state index in [0.29, 0.717) is 0 Å². The van der Waals surface area contributed by atoms with Crippen molar-refractivity contribution in [2.24, 2.45) is 0 Å². The molecule has 0 radical (unpaired) electrons. The van der Waals surface area contributed by atoms with Crippen LogP contribution in [0.1, 0.15) is 34.3 Å². The molecule has 0 aromatic heterocycles. The first-order chi connectivity index (χ1) is 7.74. The smallest absolute Gasteiger partial charge is 0.339 e. The molecule has 0 amide bonds. The molecule has 4 nitrogen and oxygen atoms in total. The van der Waals surface area contributed by atoms with Gasteiger partial charge in [-0.3, -0.25) is 0 Å². The van der Waals surface area contributed by atoms with Gasteiger partial charge in [0.15, 0.2) is 5.75 Å². The van der Waals surface area contributed by atoms with E-state index < -0.39 is 5.97 Å². The lowest BCUT2D eigenvalue weighted by atomic mass is 9.88. The van der Waals surface area contributed by atoms with Crippen molar-refractivity contribution in [2.45, 2.75) is 25.7 Å². The normalized spacial score (nSPS) is 13.7. The number of hydrogen-bond acceptors (Lipinski definition) is 3. The lowest BCUT2D eigenvalue weighted by Gasteiger charge is -2.18. The zero-order valence-electron chi connectivity index (χ0n) is 8.69. The minimum absolute atomic E-state index is 0.149. The Labute approximate surface area is 93.1 Å². The molecule has 1 aromatic rings. The Hall–Kier alpha value is -2.02. The number of rotatable bonds is 2. The Kier molecular flexibility index (Phi) is 2.78. The van der Waals surface area contributed by atoms with Crippen LogP contribution in [-0.4, -0.2) is 11.1 Å². The Morgan fingerprint density at radius 3 is 2.81 bits per heavy atom. The number of aromatic carboxylic acids is 1. The Morgan fingerprint density at radius 2 is 2.12 bits per heavy atom. The van der Waals surface area contributed by atoms with Crippen LogP contribution >= 0.6 is 0 Å². The Bertz CT molecular complexity index is 474. The fourth-order valence-corrected chi connectivity index (χ4v) is 2.18. The van der Waals surface area contributed by atoms with Gasteiger partial charge in [0, 0.05) is 0 Å². The van der Waals surface area contributed by atoms with E-state index in [4.69, 9.17) is 10.4 Å². The van der Waals surface area contributed by atoms with Gasteiger partial charge < -0.3 is 9.84 Å². The van der Waals surface area contributed by atoms with Crippen molar-refractivity contribution in [2.75, 3.05) is 0 Å². The molecule has 0 atom stereocenters. The number of aryl methyl sites for hydroxylation is 1. The van der Waals surface area contributed by atoms with Crippen molar-refractivity contribution in [3.63, 3.8) is 0 Å². The highest BCUT2D eigenvalue weighted by Crippen LogP contribution is 2.31. The van der Waals surface area contributed by atoms with Gasteiger partial charge in [0.2, 0.25) is 0 Å². The zero-order valence-corrected chi connectivity index (χ0v) is 8.69. The van der Waals surface area contributed by atoms with Crippen LogP contribution in [0, 0.1) is 11.5 Å². The molecule has 0 saturated carbocycles. The summed E-state index contributed by atoms with van der Waals surface area (Å²) in [4.78, 5) is 11.2. The zero-order chi connectivity index (χ0) is 11.5. The number of benzene rings is 1. The highest BCUT2D eigenvalue weighted by atomic mass is 16.5. The largest absolute Gasteiger partial charge is 0.478 e. The Balaban J connectivity index is 2.57. The lowest BCUT2D eigenvalue weighted by molar-refractivity contribution is 0.0692. The monoisotopic (exact) mass is 217 g/mol. The van der Waals surface area contributed by atoms with E-state index in [1.54, 1.807) is 6.07 Å². The summed E-state index contributed by atoms with van der Waals surface area (Å²) in [6.07, 6.45) is 5.25. The van der Waals surface area contributed by atoms with Gasteiger partial charge in [-0.1, -0.05) is 6.07 Å². The van der Waals surface area contributed by atoms with Crippen molar-refractivity contribution >= 4 is 5.97 Å². The molecule has 0 saturated heterocycles. The summed E-state index contributed by atoms with van der Waals surface area (Å²) >= 11 is 0.